The average Bonchev–Trinajstić information content (AvgIpc) is 2.59. The molecule has 1 aromatic heterocycles. The summed E-state index contributed by atoms with van der Waals surface area (Å²) in [5, 5.41) is 17.3. The van der Waals surface area contributed by atoms with Crippen molar-refractivity contribution in [3.05, 3.63) is 18.0 Å². The molecule has 12 heavy (non-hydrogen) atoms. The van der Waals surface area contributed by atoms with E-state index in [-0.39, 0.29) is 0 Å². The van der Waals surface area contributed by atoms with Crippen LogP contribution < -0.4 is 5.32 Å². The number of nitrogens with one attached hydrogen (secondary N) is 1. The molecular weight excluding hydrogens is 154 g/mol. The largest absolute Gasteiger partial charge is 0.382 e. The van der Waals surface area contributed by atoms with Gasteiger partial charge in [-0.1, -0.05) is 0 Å². The summed E-state index contributed by atoms with van der Waals surface area (Å²) < 4.78 is 1.73. The molecule has 2 rings (SSSR count). The molecule has 1 fully saturated rings. The van der Waals surface area contributed by atoms with Crippen molar-refractivity contribution >= 4 is 0 Å². The second kappa shape index (κ2) is 2.57. The van der Waals surface area contributed by atoms with Crippen molar-refractivity contribution in [1.29, 1.82) is 0 Å². The van der Waals surface area contributed by atoms with E-state index in [1.165, 1.54) is 0 Å². The van der Waals surface area contributed by atoms with Gasteiger partial charge in [0, 0.05) is 19.8 Å². The highest BCUT2D eigenvalue weighted by Crippen LogP contribution is 2.26. The number of aliphatic hydroxyl groups is 1. The van der Waals surface area contributed by atoms with Crippen LogP contribution >= 0.6 is 0 Å². The summed E-state index contributed by atoms with van der Waals surface area (Å²) in [6, 6.07) is 1.87. The molecule has 0 aliphatic carbocycles. The number of nitrogens with zero attached hydrogens (tertiary/aromatic N) is 2. The first-order valence-electron chi connectivity index (χ1n) is 4.14. The maximum absolute atomic E-state index is 10.1. The number of rotatable bonds is 1. The van der Waals surface area contributed by atoms with E-state index in [2.05, 4.69) is 10.4 Å². The van der Waals surface area contributed by atoms with Crippen molar-refractivity contribution < 1.29 is 5.11 Å². The molecule has 0 aromatic carbocycles. The number of hydrogen-bond acceptors (Lipinski definition) is 3. The third kappa shape index (κ3) is 1.04. The Labute approximate surface area is 71.2 Å². The number of β-amino-alcohol motifs (C(OH)–C–C–N with tert-alkyl or cyclic N) is 1. The van der Waals surface area contributed by atoms with Gasteiger partial charge in [0.1, 0.15) is 5.60 Å². The normalized spacial score (nSPS) is 29.5. The minimum absolute atomic E-state index is 0.631. The van der Waals surface area contributed by atoms with E-state index in [1.807, 2.05) is 13.1 Å². The van der Waals surface area contributed by atoms with Gasteiger partial charge in [-0.3, -0.25) is 4.68 Å². The summed E-state index contributed by atoms with van der Waals surface area (Å²) in [5.74, 6) is 0. The molecule has 2 heterocycles. The fourth-order valence-electron chi connectivity index (χ4n) is 1.73. The van der Waals surface area contributed by atoms with Crippen LogP contribution in [-0.2, 0) is 12.6 Å². The molecule has 1 aromatic rings. The molecule has 66 valence electrons. The lowest BCUT2D eigenvalue weighted by Gasteiger charge is -2.20. The van der Waals surface area contributed by atoms with Crippen molar-refractivity contribution in [3.63, 3.8) is 0 Å². The topological polar surface area (TPSA) is 50.1 Å². The number of aryl methyl sites for hydroxylation is 1. The van der Waals surface area contributed by atoms with Gasteiger partial charge in [0.2, 0.25) is 0 Å². The summed E-state index contributed by atoms with van der Waals surface area (Å²) in [6.45, 7) is 1.51. The van der Waals surface area contributed by atoms with Crippen molar-refractivity contribution in [1.82, 2.24) is 15.1 Å². The molecule has 1 unspecified atom stereocenters. The molecule has 0 amide bonds. The SMILES string of the molecule is Cn1nccc1C1(O)CCNC1. The van der Waals surface area contributed by atoms with Crippen LogP contribution in [0.15, 0.2) is 12.3 Å². The molecule has 1 aliphatic heterocycles. The highest BCUT2D eigenvalue weighted by atomic mass is 16.3. The second-order valence-electron chi connectivity index (χ2n) is 3.30. The zero-order valence-corrected chi connectivity index (χ0v) is 7.12. The Morgan fingerprint density at radius 3 is 3.08 bits per heavy atom. The van der Waals surface area contributed by atoms with Gasteiger partial charge in [-0.05, 0) is 19.0 Å². The standard InChI is InChI=1S/C8H13N3O/c1-11-7(2-4-10-11)8(12)3-5-9-6-8/h2,4,9,12H,3,5-6H2,1H3. The Kier molecular flexibility index (Phi) is 1.66. The lowest BCUT2D eigenvalue weighted by molar-refractivity contribution is 0.0501. The lowest BCUT2D eigenvalue weighted by Crippen LogP contribution is -2.30. The van der Waals surface area contributed by atoms with Crippen LogP contribution in [0.2, 0.25) is 0 Å². The van der Waals surface area contributed by atoms with Gasteiger partial charge in [-0.2, -0.15) is 5.10 Å². The zero-order valence-electron chi connectivity index (χ0n) is 7.12. The van der Waals surface area contributed by atoms with Crippen molar-refractivity contribution in [3.8, 4) is 0 Å². The molecule has 0 spiro atoms. The maximum atomic E-state index is 10.1. The molecule has 4 heteroatoms. The van der Waals surface area contributed by atoms with Crippen molar-refractivity contribution in [2.24, 2.45) is 7.05 Å². The van der Waals surface area contributed by atoms with Gasteiger partial charge in [0.15, 0.2) is 0 Å². The van der Waals surface area contributed by atoms with E-state index >= 15 is 0 Å². The lowest BCUT2D eigenvalue weighted by atomic mass is 9.99. The van der Waals surface area contributed by atoms with Crippen LogP contribution in [0.1, 0.15) is 12.1 Å². The summed E-state index contributed by atoms with van der Waals surface area (Å²) in [4.78, 5) is 0. The Morgan fingerprint density at radius 1 is 1.75 bits per heavy atom. The van der Waals surface area contributed by atoms with Crippen LogP contribution in [0, 0.1) is 0 Å². The quantitative estimate of drug-likeness (QED) is 0.598. The van der Waals surface area contributed by atoms with Crippen molar-refractivity contribution in [2.45, 2.75) is 12.0 Å². The van der Waals surface area contributed by atoms with E-state index in [4.69, 9.17) is 0 Å². The Hall–Kier alpha value is -0.870. The monoisotopic (exact) mass is 167 g/mol. The molecule has 1 atom stereocenters. The minimum Gasteiger partial charge on any atom is -0.382 e. The molecular formula is C8H13N3O. The Bertz CT molecular complexity index is 276. The fourth-order valence-corrected chi connectivity index (χ4v) is 1.73. The van der Waals surface area contributed by atoms with Gasteiger partial charge in [-0.25, -0.2) is 0 Å². The van der Waals surface area contributed by atoms with Crippen LogP contribution in [0.5, 0.6) is 0 Å². The third-order valence-electron chi connectivity index (χ3n) is 2.43. The number of aromatic nitrogens is 2. The van der Waals surface area contributed by atoms with Crippen molar-refractivity contribution in [2.75, 3.05) is 13.1 Å². The van der Waals surface area contributed by atoms with Gasteiger partial charge in [0.25, 0.3) is 0 Å². The van der Waals surface area contributed by atoms with E-state index in [0.717, 1.165) is 18.7 Å². The highest BCUT2D eigenvalue weighted by molar-refractivity contribution is 5.14. The Morgan fingerprint density at radius 2 is 2.58 bits per heavy atom. The van der Waals surface area contributed by atoms with Gasteiger partial charge >= 0.3 is 0 Å². The molecule has 1 saturated heterocycles. The van der Waals surface area contributed by atoms with Crippen LogP contribution in [0.3, 0.4) is 0 Å². The molecule has 0 saturated carbocycles. The summed E-state index contributed by atoms with van der Waals surface area (Å²) in [5.41, 5.74) is 0.193. The average molecular weight is 167 g/mol. The molecule has 0 radical (unpaired) electrons. The summed E-state index contributed by atoms with van der Waals surface area (Å²) in [6.07, 6.45) is 2.48. The zero-order chi connectivity index (χ0) is 8.60. The third-order valence-corrected chi connectivity index (χ3v) is 2.43. The summed E-state index contributed by atoms with van der Waals surface area (Å²) >= 11 is 0. The first kappa shape index (κ1) is 7.76. The molecule has 0 bridgehead atoms. The van der Waals surface area contributed by atoms with Gasteiger partial charge < -0.3 is 10.4 Å². The predicted molar refractivity (Wildman–Crippen MR) is 44.6 cm³/mol. The van der Waals surface area contributed by atoms with E-state index < -0.39 is 5.60 Å². The smallest absolute Gasteiger partial charge is 0.120 e. The second-order valence-corrected chi connectivity index (χ2v) is 3.30. The first-order valence-corrected chi connectivity index (χ1v) is 4.14. The van der Waals surface area contributed by atoms with E-state index in [9.17, 15) is 5.11 Å². The van der Waals surface area contributed by atoms with Gasteiger partial charge in [-0.15, -0.1) is 0 Å². The molecule has 4 nitrogen and oxygen atoms in total. The maximum Gasteiger partial charge on any atom is 0.120 e. The van der Waals surface area contributed by atoms with Gasteiger partial charge in [0.05, 0.1) is 5.69 Å². The highest BCUT2D eigenvalue weighted by Gasteiger charge is 2.35. The molecule has 2 N–H and O–H groups in total. The van der Waals surface area contributed by atoms with E-state index in [1.54, 1.807) is 10.9 Å². The Balaban J connectivity index is 2.34. The van der Waals surface area contributed by atoms with Crippen LogP contribution in [-0.4, -0.2) is 28.0 Å². The number of hydrogen-bond donors (Lipinski definition) is 2. The predicted octanol–water partition coefficient (Wildman–Crippen LogP) is -0.399. The first-order chi connectivity index (χ1) is 5.72. The van der Waals surface area contributed by atoms with Crippen LogP contribution in [0.25, 0.3) is 0 Å². The molecule has 1 aliphatic rings. The fraction of sp³-hybridized carbons (Fsp3) is 0.625. The summed E-state index contributed by atoms with van der Waals surface area (Å²) in [7, 11) is 1.85. The minimum atomic E-state index is -0.703. The van der Waals surface area contributed by atoms with E-state index in [0.29, 0.717) is 6.54 Å². The van der Waals surface area contributed by atoms with Crippen LogP contribution in [0.4, 0.5) is 0 Å².